The minimum atomic E-state index is -4.29. The molecule has 0 aromatic heterocycles. The number of nitrogens with two attached hydrogens (primary N) is 1. The van der Waals surface area contributed by atoms with Crippen molar-refractivity contribution in [3.05, 3.63) is 35.4 Å². The van der Waals surface area contributed by atoms with E-state index in [1.807, 2.05) is 0 Å². The second kappa shape index (κ2) is 6.79. The van der Waals surface area contributed by atoms with E-state index in [-0.39, 0.29) is 12.0 Å². The molecule has 2 N–H and O–H groups in total. The van der Waals surface area contributed by atoms with Gasteiger partial charge in [-0.1, -0.05) is 19.1 Å². The molecule has 0 spiro atoms. The van der Waals surface area contributed by atoms with E-state index in [9.17, 15) is 13.2 Å². The van der Waals surface area contributed by atoms with Crippen LogP contribution in [0.4, 0.5) is 13.2 Å². The maximum Gasteiger partial charge on any atom is 0.416 e. The fraction of sp³-hybridized carbons (Fsp3) is 0.625. The zero-order valence-electron chi connectivity index (χ0n) is 12.4. The molecular weight excluding hydrogens is 277 g/mol. The molecule has 0 saturated carbocycles. The summed E-state index contributed by atoms with van der Waals surface area (Å²) in [6.45, 7) is 4.44. The van der Waals surface area contributed by atoms with Crippen LogP contribution in [0.25, 0.3) is 0 Å². The fourth-order valence-corrected chi connectivity index (χ4v) is 3.32. The maximum atomic E-state index is 12.9. The Kier molecular flexibility index (Phi) is 5.27. The molecule has 2 rings (SSSR count). The minimum Gasteiger partial charge on any atom is -0.330 e. The van der Waals surface area contributed by atoms with Gasteiger partial charge in [0.25, 0.3) is 0 Å². The normalized spacial score (nSPS) is 24.2. The van der Waals surface area contributed by atoms with Crippen LogP contribution >= 0.6 is 0 Å². The van der Waals surface area contributed by atoms with Crippen molar-refractivity contribution in [1.29, 1.82) is 0 Å². The van der Waals surface area contributed by atoms with Gasteiger partial charge in [0, 0.05) is 6.04 Å². The van der Waals surface area contributed by atoms with E-state index in [1.54, 1.807) is 6.07 Å². The van der Waals surface area contributed by atoms with Gasteiger partial charge in [0.1, 0.15) is 0 Å². The van der Waals surface area contributed by atoms with Crippen LogP contribution in [0.1, 0.15) is 43.4 Å². The van der Waals surface area contributed by atoms with Crippen LogP contribution in [0.15, 0.2) is 24.3 Å². The molecule has 0 radical (unpaired) electrons. The number of rotatable bonds is 4. The van der Waals surface area contributed by atoms with Crippen molar-refractivity contribution in [2.45, 2.75) is 38.4 Å². The van der Waals surface area contributed by atoms with Crippen molar-refractivity contribution in [2.75, 3.05) is 19.6 Å². The first-order valence-electron chi connectivity index (χ1n) is 7.58. The number of hydrogen-bond acceptors (Lipinski definition) is 2. The van der Waals surface area contributed by atoms with E-state index in [4.69, 9.17) is 5.73 Å². The number of halogens is 3. The van der Waals surface area contributed by atoms with Crippen molar-refractivity contribution in [1.82, 2.24) is 4.90 Å². The van der Waals surface area contributed by atoms with E-state index in [0.717, 1.165) is 44.0 Å². The standard InChI is InChI=1S/C16H23F3N2/c1-2-8-21-9-4-6-13(11-20)15(21)12-5-3-7-14(10-12)16(17,18)19/h3,5,7,10,13,15H,2,4,6,8-9,11,20H2,1H3. The average Bonchev–Trinajstić information content (AvgIpc) is 2.46. The molecule has 1 aliphatic rings. The summed E-state index contributed by atoms with van der Waals surface area (Å²) in [6, 6.07) is 5.74. The Labute approximate surface area is 124 Å². The zero-order valence-corrected chi connectivity index (χ0v) is 12.4. The topological polar surface area (TPSA) is 29.3 Å². The molecule has 1 aromatic carbocycles. The fourth-order valence-electron chi connectivity index (χ4n) is 3.32. The van der Waals surface area contributed by atoms with Gasteiger partial charge in [0.15, 0.2) is 0 Å². The van der Waals surface area contributed by atoms with Gasteiger partial charge < -0.3 is 5.73 Å². The van der Waals surface area contributed by atoms with Gasteiger partial charge in [-0.3, -0.25) is 4.90 Å². The third-order valence-corrected chi connectivity index (χ3v) is 4.23. The average molecular weight is 300 g/mol. The maximum absolute atomic E-state index is 12.9. The Morgan fingerprint density at radius 1 is 1.33 bits per heavy atom. The van der Waals surface area contributed by atoms with E-state index < -0.39 is 11.7 Å². The molecule has 0 aliphatic carbocycles. The lowest BCUT2D eigenvalue weighted by Gasteiger charge is -2.41. The highest BCUT2D eigenvalue weighted by molar-refractivity contribution is 5.29. The number of hydrogen-bond donors (Lipinski definition) is 1. The zero-order chi connectivity index (χ0) is 15.5. The molecular formula is C16H23F3N2. The smallest absolute Gasteiger partial charge is 0.330 e. The Morgan fingerprint density at radius 3 is 2.71 bits per heavy atom. The molecule has 2 nitrogen and oxygen atoms in total. The first-order chi connectivity index (χ1) is 9.97. The molecule has 1 aromatic rings. The predicted molar refractivity (Wildman–Crippen MR) is 77.8 cm³/mol. The third kappa shape index (κ3) is 3.77. The number of benzene rings is 1. The van der Waals surface area contributed by atoms with Crippen LogP contribution < -0.4 is 5.73 Å². The number of likely N-dealkylation sites (tertiary alicyclic amines) is 1. The molecule has 21 heavy (non-hydrogen) atoms. The monoisotopic (exact) mass is 300 g/mol. The lowest BCUT2D eigenvalue weighted by Crippen LogP contribution is -2.42. The molecule has 1 aliphatic heterocycles. The third-order valence-electron chi connectivity index (χ3n) is 4.23. The molecule has 2 unspecified atom stereocenters. The minimum absolute atomic E-state index is 0.00556. The summed E-state index contributed by atoms with van der Waals surface area (Å²) in [5.41, 5.74) is 6.04. The second-order valence-corrected chi connectivity index (χ2v) is 5.74. The summed E-state index contributed by atoms with van der Waals surface area (Å²) in [4.78, 5) is 2.29. The summed E-state index contributed by atoms with van der Waals surface area (Å²) in [7, 11) is 0. The number of alkyl halides is 3. The molecule has 1 heterocycles. The van der Waals surface area contributed by atoms with Crippen LogP contribution in [0, 0.1) is 5.92 Å². The van der Waals surface area contributed by atoms with Gasteiger partial charge >= 0.3 is 6.18 Å². The highest BCUT2D eigenvalue weighted by atomic mass is 19.4. The van der Waals surface area contributed by atoms with Gasteiger partial charge in [-0.25, -0.2) is 0 Å². The Hall–Kier alpha value is -1.07. The van der Waals surface area contributed by atoms with Crippen LogP contribution in [0.5, 0.6) is 0 Å². The predicted octanol–water partition coefficient (Wildman–Crippen LogP) is 3.83. The van der Waals surface area contributed by atoms with Crippen LogP contribution in [0.3, 0.4) is 0 Å². The molecule has 2 atom stereocenters. The summed E-state index contributed by atoms with van der Waals surface area (Å²) < 4.78 is 38.8. The van der Waals surface area contributed by atoms with Crippen molar-refractivity contribution in [2.24, 2.45) is 11.7 Å². The van der Waals surface area contributed by atoms with Crippen molar-refractivity contribution >= 4 is 0 Å². The molecule has 0 bridgehead atoms. The Balaban J connectivity index is 2.34. The second-order valence-electron chi connectivity index (χ2n) is 5.74. The number of piperidine rings is 1. The van der Waals surface area contributed by atoms with Gasteiger partial charge in [-0.2, -0.15) is 13.2 Å². The highest BCUT2D eigenvalue weighted by Crippen LogP contribution is 2.38. The largest absolute Gasteiger partial charge is 0.416 e. The van der Waals surface area contributed by atoms with Gasteiger partial charge in [0.05, 0.1) is 5.56 Å². The van der Waals surface area contributed by atoms with E-state index in [2.05, 4.69) is 11.8 Å². The summed E-state index contributed by atoms with van der Waals surface area (Å²) in [5.74, 6) is 0.230. The first-order valence-corrected chi connectivity index (χ1v) is 7.58. The van der Waals surface area contributed by atoms with E-state index in [0.29, 0.717) is 6.54 Å². The molecule has 5 heteroatoms. The van der Waals surface area contributed by atoms with E-state index >= 15 is 0 Å². The summed E-state index contributed by atoms with van der Waals surface area (Å²) >= 11 is 0. The SMILES string of the molecule is CCCN1CCCC(CN)C1c1cccc(C(F)(F)F)c1. The van der Waals surface area contributed by atoms with Crippen molar-refractivity contribution < 1.29 is 13.2 Å². The van der Waals surface area contributed by atoms with Crippen molar-refractivity contribution in [3.8, 4) is 0 Å². The van der Waals surface area contributed by atoms with E-state index in [1.165, 1.54) is 12.1 Å². The Morgan fingerprint density at radius 2 is 2.10 bits per heavy atom. The lowest BCUT2D eigenvalue weighted by molar-refractivity contribution is -0.137. The quantitative estimate of drug-likeness (QED) is 0.915. The van der Waals surface area contributed by atoms with Gasteiger partial charge in [-0.05, 0) is 62.5 Å². The molecule has 1 saturated heterocycles. The molecule has 118 valence electrons. The number of nitrogens with zero attached hydrogens (tertiary/aromatic N) is 1. The first kappa shape index (κ1) is 16.3. The van der Waals surface area contributed by atoms with Crippen molar-refractivity contribution in [3.63, 3.8) is 0 Å². The van der Waals surface area contributed by atoms with Crippen LogP contribution in [0.2, 0.25) is 0 Å². The highest BCUT2D eigenvalue weighted by Gasteiger charge is 2.34. The molecule has 1 fully saturated rings. The summed E-state index contributed by atoms with van der Waals surface area (Å²) in [5, 5.41) is 0. The lowest BCUT2D eigenvalue weighted by atomic mass is 9.84. The van der Waals surface area contributed by atoms with Gasteiger partial charge in [0.2, 0.25) is 0 Å². The van der Waals surface area contributed by atoms with Crippen LogP contribution in [-0.4, -0.2) is 24.5 Å². The Bertz CT molecular complexity index is 457. The van der Waals surface area contributed by atoms with Gasteiger partial charge in [-0.15, -0.1) is 0 Å². The molecule has 0 amide bonds. The van der Waals surface area contributed by atoms with Crippen LogP contribution in [-0.2, 0) is 6.18 Å². The summed E-state index contributed by atoms with van der Waals surface area (Å²) in [6.07, 6.45) is -1.25.